The van der Waals surface area contributed by atoms with E-state index in [-0.39, 0.29) is 19.5 Å². The monoisotopic (exact) mass is 411 g/mol. The SMILES string of the molecule is C[C@@H](O)[C@@H](C(N)=O)N1CC2(CN(C)C3(C2)C(=O)N([C@H](C(N)=O)[C@@H](C)O)C3=O)C1=O. The Kier molecular flexibility index (Phi) is 4.72. The Morgan fingerprint density at radius 3 is 1.79 bits per heavy atom. The molecule has 2 spiro atoms. The van der Waals surface area contributed by atoms with Crippen molar-refractivity contribution in [1.29, 1.82) is 0 Å². The highest BCUT2D eigenvalue weighted by Gasteiger charge is 2.75. The fourth-order valence-electron chi connectivity index (χ4n) is 4.91. The average molecular weight is 411 g/mol. The summed E-state index contributed by atoms with van der Waals surface area (Å²) in [5, 5.41) is 19.5. The molecule has 0 aromatic carbocycles. The quantitative estimate of drug-likeness (QED) is 0.250. The lowest BCUT2D eigenvalue weighted by molar-refractivity contribution is -0.185. The molecule has 0 radical (unpaired) electrons. The summed E-state index contributed by atoms with van der Waals surface area (Å²) in [6.07, 6.45) is -2.65. The minimum atomic E-state index is -1.63. The third kappa shape index (κ3) is 2.59. The fraction of sp³-hybridized carbons (Fsp3) is 0.706. The number of aliphatic hydroxyl groups excluding tert-OH is 2. The normalized spacial score (nSPS) is 30.2. The van der Waals surface area contributed by atoms with E-state index in [4.69, 9.17) is 11.5 Å². The van der Waals surface area contributed by atoms with Gasteiger partial charge in [-0.2, -0.15) is 0 Å². The van der Waals surface area contributed by atoms with Gasteiger partial charge in [0.25, 0.3) is 11.8 Å². The Hall–Kier alpha value is -2.57. The van der Waals surface area contributed by atoms with Crippen molar-refractivity contribution in [2.45, 2.75) is 50.1 Å². The van der Waals surface area contributed by atoms with Gasteiger partial charge < -0.3 is 26.6 Å². The number of imide groups is 1. The molecule has 0 aromatic rings. The number of primary amides is 2. The fourth-order valence-corrected chi connectivity index (χ4v) is 4.91. The number of β-lactam (4-membered cyclic amide) rings is 3. The van der Waals surface area contributed by atoms with Crippen molar-refractivity contribution in [3.8, 4) is 0 Å². The molecule has 160 valence electrons. The first-order chi connectivity index (χ1) is 13.3. The predicted octanol–water partition coefficient (Wildman–Crippen LogP) is -4.27. The molecule has 29 heavy (non-hydrogen) atoms. The van der Waals surface area contributed by atoms with Gasteiger partial charge in [-0.1, -0.05) is 0 Å². The van der Waals surface area contributed by atoms with Gasteiger partial charge in [-0.3, -0.25) is 33.8 Å². The lowest BCUT2D eigenvalue weighted by Gasteiger charge is -2.52. The first-order valence-corrected chi connectivity index (χ1v) is 9.17. The van der Waals surface area contributed by atoms with Crippen LogP contribution in [-0.4, -0.2) is 104 Å². The summed E-state index contributed by atoms with van der Waals surface area (Å²) in [5.74, 6) is -3.77. The zero-order chi connectivity index (χ0) is 22.0. The largest absolute Gasteiger partial charge is 0.391 e. The summed E-state index contributed by atoms with van der Waals surface area (Å²) in [7, 11) is 1.51. The molecule has 3 aliphatic heterocycles. The Balaban J connectivity index is 1.84. The summed E-state index contributed by atoms with van der Waals surface area (Å²) in [5.41, 5.74) is 7.80. The molecular weight excluding hydrogens is 386 g/mol. The maximum atomic E-state index is 12.9. The highest BCUT2D eigenvalue weighted by Crippen LogP contribution is 2.53. The number of carbonyl (C=O) groups is 5. The summed E-state index contributed by atoms with van der Waals surface area (Å²) < 4.78 is 0. The van der Waals surface area contributed by atoms with Crippen LogP contribution in [0.1, 0.15) is 20.3 Å². The van der Waals surface area contributed by atoms with Gasteiger partial charge in [-0.15, -0.1) is 0 Å². The number of nitrogens with two attached hydrogens (primary N) is 2. The van der Waals surface area contributed by atoms with E-state index in [0.29, 0.717) is 4.90 Å². The van der Waals surface area contributed by atoms with E-state index in [1.54, 1.807) is 0 Å². The van der Waals surface area contributed by atoms with Crippen LogP contribution in [0.15, 0.2) is 0 Å². The highest BCUT2D eigenvalue weighted by atomic mass is 16.3. The van der Waals surface area contributed by atoms with Crippen LogP contribution in [0.5, 0.6) is 0 Å². The Labute approximate surface area is 166 Å². The zero-order valence-electron chi connectivity index (χ0n) is 16.4. The first kappa shape index (κ1) is 21.1. The molecule has 6 N–H and O–H groups in total. The molecule has 0 bridgehead atoms. The molecule has 0 saturated carbocycles. The topological polar surface area (TPSA) is 188 Å². The van der Waals surface area contributed by atoms with E-state index in [0.717, 1.165) is 4.90 Å². The van der Waals surface area contributed by atoms with Gasteiger partial charge in [0.2, 0.25) is 17.7 Å². The number of likely N-dealkylation sites (N-methyl/N-ethyl adjacent to an activating group) is 1. The molecule has 12 heteroatoms. The van der Waals surface area contributed by atoms with Crippen LogP contribution < -0.4 is 11.5 Å². The van der Waals surface area contributed by atoms with E-state index in [2.05, 4.69) is 0 Å². The molecule has 1 unspecified atom stereocenters. The number of nitrogens with zero attached hydrogens (tertiary/aromatic N) is 3. The van der Waals surface area contributed by atoms with E-state index >= 15 is 0 Å². The molecule has 0 aliphatic carbocycles. The van der Waals surface area contributed by atoms with Gasteiger partial charge in [0.1, 0.15) is 12.1 Å². The number of rotatable bonds is 6. The zero-order valence-corrected chi connectivity index (χ0v) is 16.4. The van der Waals surface area contributed by atoms with Crippen molar-refractivity contribution in [1.82, 2.24) is 14.7 Å². The van der Waals surface area contributed by atoms with Crippen LogP contribution in [0.2, 0.25) is 0 Å². The van der Waals surface area contributed by atoms with Crippen molar-refractivity contribution >= 4 is 29.5 Å². The molecule has 0 aromatic heterocycles. The van der Waals surface area contributed by atoms with Crippen LogP contribution in [-0.2, 0) is 24.0 Å². The van der Waals surface area contributed by atoms with Crippen molar-refractivity contribution < 1.29 is 34.2 Å². The second kappa shape index (κ2) is 6.47. The van der Waals surface area contributed by atoms with Crippen molar-refractivity contribution in [3.05, 3.63) is 0 Å². The maximum Gasteiger partial charge on any atom is 0.260 e. The summed E-state index contributed by atoms with van der Waals surface area (Å²) in [4.78, 5) is 65.2. The molecule has 5 atom stereocenters. The van der Waals surface area contributed by atoms with Gasteiger partial charge in [0.05, 0.1) is 17.6 Å². The lowest BCUT2D eigenvalue weighted by Crippen LogP contribution is -2.79. The van der Waals surface area contributed by atoms with E-state index in [9.17, 15) is 34.2 Å². The van der Waals surface area contributed by atoms with Crippen LogP contribution >= 0.6 is 0 Å². The smallest absolute Gasteiger partial charge is 0.260 e. The number of amides is 5. The van der Waals surface area contributed by atoms with E-state index < -0.39 is 64.8 Å². The lowest BCUT2D eigenvalue weighted by atomic mass is 9.69. The van der Waals surface area contributed by atoms with Crippen molar-refractivity contribution in [2.24, 2.45) is 16.9 Å². The third-order valence-corrected chi connectivity index (χ3v) is 6.23. The van der Waals surface area contributed by atoms with Gasteiger partial charge in [0, 0.05) is 19.5 Å². The average Bonchev–Trinajstić information content (AvgIpc) is 2.94. The van der Waals surface area contributed by atoms with Crippen molar-refractivity contribution in [3.63, 3.8) is 0 Å². The van der Waals surface area contributed by atoms with Gasteiger partial charge in [0.15, 0.2) is 5.54 Å². The number of aliphatic hydroxyl groups is 2. The van der Waals surface area contributed by atoms with Crippen LogP contribution in [0.3, 0.4) is 0 Å². The molecule has 12 nitrogen and oxygen atoms in total. The standard InChI is InChI=1S/C17H25N5O7/c1-7(23)9(11(18)25)21-6-16(13(21)27)4-17(20(3)5-16)14(28)22(15(17)29)10(8(2)24)12(19)26/h7-10,23-24H,4-6H2,1-3H3,(H2,18,25)(H2,19,26)/t7-,8-,9+,10+,16?/m1/s1. The minimum absolute atomic E-state index is 0.0483. The molecule has 3 rings (SSSR count). The minimum Gasteiger partial charge on any atom is -0.391 e. The molecule has 3 fully saturated rings. The van der Waals surface area contributed by atoms with Gasteiger partial charge in [-0.05, 0) is 20.9 Å². The highest BCUT2D eigenvalue weighted by molar-refractivity contribution is 6.28. The molecule has 5 amide bonds. The summed E-state index contributed by atoms with van der Waals surface area (Å²) in [6, 6.07) is -2.69. The van der Waals surface area contributed by atoms with E-state index in [1.165, 1.54) is 25.8 Å². The molecule has 3 saturated heterocycles. The second-order valence-electron chi connectivity index (χ2n) is 8.26. The van der Waals surface area contributed by atoms with Crippen LogP contribution in [0.4, 0.5) is 0 Å². The number of carbonyl (C=O) groups excluding carboxylic acids is 5. The second-order valence-corrected chi connectivity index (χ2v) is 8.26. The van der Waals surface area contributed by atoms with Crippen LogP contribution in [0, 0.1) is 5.41 Å². The summed E-state index contributed by atoms with van der Waals surface area (Å²) >= 11 is 0. The maximum absolute atomic E-state index is 12.9. The first-order valence-electron chi connectivity index (χ1n) is 9.17. The predicted molar refractivity (Wildman–Crippen MR) is 95.3 cm³/mol. The molecular formula is C17H25N5O7. The molecule has 3 aliphatic rings. The Bertz CT molecular complexity index is 796. The summed E-state index contributed by atoms with van der Waals surface area (Å²) in [6.45, 7) is 2.71. The van der Waals surface area contributed by atoms with Gasteiger partial charge >= 0.3 is 0 Å². The third-order valence-electron chi connectivity index (χ3n) is 6.23. The van der Waals surface area contributed by atoms with Gasteiger partial charge in [-0.25, -0.2) is 0 Å². The Morgan fingerprint density at radius 2 is 1.41 bits per heavy atom. The van der Waals surface area contributed by atoms with E-state index in [1.807, 2.05) is 0 Å². The number of likely N-dealkylation sites (tertiary alicyclic amines) is 3. The number of hydrogen-bond donors (Lipinski definition) is 4. The Morgan fingerprint density at radius 1 is 0.931 bits per heavy atom. The molecule has 3 heterocycles. The van der Waals surface area contributed by atoms with Crippen molar-refractivity contribution in [2.75, 3.05) is 20.1 Å². The number of hydrogen-bond acceptors (Lipinski definition) is 8. The van der Waals surface area contributed by atoms with Crippen LogP contribution in [0.25, 0.3) is 0 Å².